The number of nitrogens with two attached hydrogens (primary N) is 1. The van der Waals surface area contributed by atoms with Crippen molar-refractivity contribution in [2.24, 2.45) is 5.73 Å². The van der Waals surface area contributed by atoms with Crippen LogP contribution in [0.25, 0.3) is 0 Å². The minimum absolute atomic E-state index is 0.0348. The Morgan fingerprint density at radius 3 is 3.00 bits per heavy atom. The number of carboxylic acid groups (broad SMARTS) is 1. The van der Waals surface area contributed by atoms with Crippen LogP contribution in [-0.2, 0) is 11.2 Å². The fraction of sp³-hybridized carbons (Fsp3) is 0.250. The molecule has 1 aromatic rings. The van der Waals surface area contributed by atoms with Crippen molar-refractivity contribution in [3.8, 4) is 0 Å². The zero-order chi connectivity index (χ0) is 9.84. The lowest BCUT2D eigenvalue weighted by Crippen LogP contribution is -2.32. The lowest BCUT2D eigenvalue weighted by Gasteiger charge is -2.04. The Kier molecular flexibility index (Phi) is 2.92. The third-order valence-electron chi connectivity index (χ3n) is 1.52. The second kappa shape index (κ2) is 3.95. The van der Waals surface area contributed by atoms with Crippen LogP contribution in [0, 0.1) is 5.82 Å². The molecule has 1 rings (SSSR count). The van der Waals surface area contributed by atoms with Gasteiger partial charge in [0.25, 0.3) is 0 Å². The average Bonchev–Trinajstić information content (AvgIpc) is 2.04. The smallest absolute Gasteiger partial charge is 0.320 e. The minimum atomic E-state index is -1.12. The van der Waals surface area contributed by atoms with Gasteiger partial charge in [-0.15, -0.1) is 0 Å². The Labute approximate surface area is 74.2 Å². The van der Waals surface area contributed by atoms with E-state index in [0.29, 0.717) is 5.69 Å². The largest absolute Gasteiger partial charge is 0.480 e. The van der Waals surface area contributed by atoms with E-state index >= 15 is 0 Å². The molecule has 5 heteroatoms. The van der Waals surface area contributed by atoms with E-state index in [2.05, 4.69) is 4.98 Å². The first-order valence-electron chi connectivity index (χ1n) is 3.68. The highest BCUT2D eigenvalue weighted by Crippen LogP contribution is 2.01. The van der Waals surface area contributed by atoms with Crippen molar-refractivity contribution in [2.75, 3.05) is 0 Å². The molecule has 3 N–H and O–H groups in total. The summed E-state index contributed by atoms with van der Waals surface area (Å²) in [6.07, 6.45) is 1.31. The SMILES string of the molecule is NC(Cc1cc(F)ccn1)C(=O)O. The summed E-state index contributed by atoms with van der Waals surface area (Å²) in [4.78, 5) is 14.1. The van der Waals surface area contributed by atoms with Crippen LogP contribution >= 0.6 is 0 Å². The standard InChI is InChI=1S/C8H9FN2O2/c9-5-1-2-11-6(3-5)4-7(10)8(12)13/h1-3,7H,4,10H2,(H,12,13). The van der Waals surface area contributed by atoms with E-state index in [1.54, 1.807) is 0 Å². The Balaban J connectivity index is 2.69. The number of rotatable bonds is 3. The molecule has 0 bridgehead atoms. The molecule has 4 nitrogen and oxygen atoms in total. The van der Waals surface area contributed by atoms with Gasteiger partial charge < -0.3 is 10.8 Å². The van der Waals surface area contributed by atoms with Gasteiger partial charge in [0.15, 0.2) is 0 Å². The first kappa shape index (κ1) is 9.60. The third-order valence-corrected chi connectivity index (χ3v) is 1.52. The molecule has 1 aromatic heterocycles. The maximum absolute atomic E-state index is 12.6. The van der Waals surface area contributed by atoms with E-state index in [1.807, 2.05) is 0 Å². The first-order chi connectivity index (χ1) is 6.09. The number of pyridine rings is 1. The normalized spacial score (nSPS) is 12.5. The van der Waals surface area contributed by atoms with Crippen LogP contribution in [0.3, 0.4) is 0 Å². The van der Waals surface area contributed by atoms with Crippen molar-refractivity contribution < 1.29 is 14.3 Å². The van der Waals surface area contributed by atoms with Gasteiger partial charge in [0.2, 0.25) is 0 Å². The molecule has 70 valence electrons. The van der Waals surface area contributed by atoms with Crippen LogP contribution in [0.5, 0.6) is 0 Å². The number of carbonyl (C=O) groups is 1. The van der Waals surface area contributed by atoms with Crippen molar-refractivity contribution in [1.29, 1.82) is 0 Å². The van der Waals surface area contributed by atoms with Gasteiger partial charge in [-0.2, -0.15) is 0 Å². The van der Waals surface area contributed by atoms with E-state index in [1.165, 1.54) is 18.3 Å². The predicted octanol–water partition coefficient (Wildman–Crippen LogP) is 0.175. The van der Waals surface area contributed by atoms with Crippen LogP contribution in [0.2, 0.25) is 0 Å². The Morgan fingerprint density at radius 2 is 2.46 bits per heavy atom. The van der Waals surface area contributed by atoms with Crippen molar-refractivity contribution in [3.63, 3.8) is 0 Å². The zero-order valence-corrected chi connectivity index (χ0v) is 6.77. The van der Waals surface area contributed by atoms with Gasteiger partial charge in [0, 0.05) is 18.3 Å². The summed E-state index contributed by atoms with van der Waals surface area (Å²) in [5.74, 6) is -1.56. The molecular formula is C8H9FN2O2. The van der Waals surface area contributed by atoms with Gasteiger partial charge >= 0.3 is 5.97 Å². The molecule has 0 spiro atoms. The lowest BCUT2D eigenvalue weighted by atomic mass is 10.1. The number of hydrogen-bond donors (Lipinski definition) is 2. The summed E-state index contributed by atoms with van der Waals surface area (Å²) < 4.78 is 12.6. The summed E-state index contributed by atoms with van der Waals surface area (Å²) >= 11 is 0. The summed E-state index contributed by atoms with van der Waals surface area (Å²) in [5.41, 5.74) is 5.58. The summed E-state index contributed by atoms with van der Waals surface area (Å²) in [7, 11) is 0. The van der Waals surface area contributed by atoms with Crippen molar-refractivity contribution in [3.05, 3.63) is 29.8 Å². The molecular weight excluding hydrogens is 175 g/mol. The van der Waals surface area contributed by atoms with Crippen LogP contribution in [0.4, 0.5) is 4.39 Å². The van der Waals surface area contributed by atoms with Gasteiger partial charge in [0.1, 0.15) is 11.9 Å². The maximum atomic E-state index is 12.6. The van der Waals surface area contributed by atoms with E-state index in [9.17, 15) is 9.18 Å². The quantitative estimate of drug-likeness (QED) is 0.702. The monoisotopic (exact) mass is 184 g/mol. The molecule has 0 saturated heterocycles. The molecule has 1 atom stereocenters. The van der Waals surface area contributed by atoms with Crippen molar-refractivity contribution >= 4 is 5.97 Å². The molecule has 0 radical (unpaired) electrons. The van der Waals surface area contributed by atoms with Crippen molar-refractivity contribution in [1.82, 2.24) is 4.98 Å². The summed E-state index contributed by atoms with van der Waals surface area (Å²) in [6, 6.07) is 1.33. The Morgan fingerprint density at radius 1 is 1.77 bits per heavy atom. The number of halogens is 1. The molecule has 0 fully saturated rings. The number of aromatic nitrogens is 1. The molecule has 0 saturated carbocycles. The molecule has 0 amide bonds. The number of aliphatic carboxylic acids is 1. The fourth-order valence-corrected chi connectivity index (χ4v) is 0.873. The van der Waals surface area contributed by atoms with Crippen LogP contribution in [0.15, 0.2) is 18.3 Å². The number of nitrogens with zero attached hydrogens (tertiary/aromatic N) is 1. The number of hydrogen-bond acceptors (Lipinski definition) is 3. The molecule has 0 aliphatic heterocycles. The fourth-order valence-electron chi connectivity index (χ4n) is 0.873. The van der Waals surface area contributed by atoms with Crippen LogP contribution in [-0.4, -0.2) is 22.1 Å². The van der Waals surface area contributed by atoms with E-state index in [4.69, 9.17) is 10.8 Å². The third kappa shape index (κ3) is 2.79. The van der Waals surface area contributed by atoms with Gasteiger partial charge in [-0.05, 0) is 12.1 Å². The summed E-state index contributed by atoms with van der Waals surface area (Å²) in [5, 5.41) is 8.47. The van der Waals surface area contributed by atoms with Crippen molar-refractivity contribution in [2.45, 2.75) is 12.5 Å². The predicted molar refractivity (Wildman–Crippen MR) is 43.5 cm³/mol. The Bertz CT molecular complexity index is 317. The van der Waals surface area contributed by atoms with Gasteiger partial charge in [-0.1, -0.05) is 0 Å². The van der Waals surface area contributed by atoms with Gasteiger partial charge in [0.05, 0.1) is 0 Å². The van der Waals surface area contributed by atoms with E-state index in [0.717, 1.165) is 0 Å². The minimum Gasteiger partial charge on any atom is -0.480 e. The van der Waals surface area contributed by atoms with Gasteiger partial charge in [-0.3, -0.25) is 9.78 Å². The highest BCUT2D eigenvalue weighted by atomic mass is 19.1. The first-order valence-corrected chi connectivity index (χ1v) is 3.68. The molecule has 13 heavy (non-hydrogen) atoms. The zero-order valence-electron chi connectivity index (χ0n) is 6.77. The molecule has 1 unspecified atom stereocenters. The summed E-state index contributed by atoms with van der Waals surface area (Å²) in [6.45, 7) is 0. The highest BCUT2D eigenvalue weighted by Gasteiger charge is 2.12. The second-order valence-corrected chi connectivity index (χ2v) is 2.61. The maximum Gasteiger partial charge on any atom is 0.320 e. The van der Waals surface area contributed by atoms with Gasteiger partial charge in [-0.25, -0.2) is 4.39 Å². The Hall–Kier alpha value is -1.49. The molecule has 0 aliphatic rings. The second-order valence-electron chi connectivity index (χ2n) is 2.61. The topological polar surface area (TPSA) is 76.2 Å². The molecule has 1 heterocycles. The van der Waals surface area contributed by atoms with E-state index in [-0.39, 0.29) is 6.42 Å². The molecule has 0 aliphatic carbocycles. The average molecular weight is 184 g/mol. The van der Waals surface area contributed by atoms with E-state index < -0.39 is 17.8 Å². The van der Waals surface area contributed by atoms with Crippen LogP contribution < -0.4 is 5.73 Å². The van der Waals surface area contributed by atoms with Crippen LogP contribution in [0.1, 0.15) is 5.69 Å². The molecule has 0 aromatic carbocycles. The number of carboxylic acids is 1. The highest BCUT2D eigenvalue weighted by molar-refractivity contribution is 5.73. The lowest BCUT2D eigenvalue weighted by molar-refractivity contribution is -0.138.